The van der Waals surface area contributed by atoms with Gasteiger partial charge in [0.2, 0.25) is 0 Å². The Balaban J connectivity index is 2.51. The normalized spacial score (nSPS) is 12.1. The van der Waals surface area contributed by atoms with Crippen molar-refractivity contribution >= 4 is 0 Å². The van der Waals surface area contributed by atoms with Crippen LogP contribution in [-0.2, 0) is 0 Å². The molecule has 0 saturated carbocycles. The van der Waals surface area contributed by atoms with Crippen molar-refractivity contribution < 1.29 is 5.11 Å². The zero-order valence-corrected chi connectivity index (χ0v) is 9.11. The van der Waals surface area contributed by atoms with Crippen molar-refractivity contribution in [3.63, 3.8) is 0 Å². The second-order valence-electron chi connectivity index (χ2n) is 3.75. The molecule has 15 heavy (non-hydrogen) atoms. The number of nitrogens with zero attached hydrogens (tertiary/aromatic N) is 1. The van der Waals surface area contributed by atoms with Crippen LogP contribution in [0.25, 0.3) is 0 Å². The number of hydrogen-bond donors (Lipinski definition) is 1. The second-order valence-corrected chi connectivity index (χ2v) is 3.75. The zero-order chi connectivity index (χ0) is 11.1. The highest BCUT2D eigenvalue weighted by Gasteiger charge is 2.06. The van der Waals surface area contributed by atoms with Gasteiger partial charge in [0.25, 0.3) is 0 Å². The molecule has 2 nitrogen and oxygen atoms in total. The molecule has 80 valence electrons. The maximum absolute atomic E-state index is 9.83. The van der Waals surface area contributed by atoms with Gasteiger partial charge in [0.15, 0.2) is 0 Å². The number of nitriles is 1. The molecule has 0 heterocycles. The number of unbranched alkanes of at least 4 members (excludes halogenated alkanes) is 2. The summed E-state index contributed by atoms with van der Waals surface area (Å²) in [6, 6.07) is 9.22. The van der Waals surface area contributed by atoms with E-state index in [1.54, 1.807) is 12.1 Å². The van der Waals surface area contributed by atoms with Crippen LogP contribution >= 0.6 is 0 Å². The number of benzene rings is 1. The Kier molecular flexibility index (Phi) is 4.86. The van der Waals surface area contributed by atoms with Crippen molar-refractivity contribution in [2.75, 3.05) is 0 Å². The number of rotatable bonds is 5. The molecule has 0 aliphatic heterocycles. The lowest BCUT2D eigenvalue weighted by atomic mass is 10.0. The van der Waals surface area contributed by atoms with Gasteiger partial charge in [-0.15, -0.1) is 0 Å². The third-order valence-corrected chi connectivity index (χ3v) is 2.51. The Labute approximate surface area is 91.2 Å². The van der Waals surface area contributed by atoms with Gasteiger partial charge in [-0.05, 0) is 24.1 Å². The van der Waals surface area contributed by atoms with Gasteiger partial charge in [0.05, 0.1) is 17.7 Å². The summed E-state index contributed by atoms with van der Waals surface area (Å²) >= 11 is 0. The molecule has 0 aliphatic carbocycles. The molecule has 0 spiro atoms. The Hall–Kier alpha value is -1.33. The Morgan fingerprint density at radius 3 is 2.47 bits per heavy atom. The van der Waals surface area contributed by atoms with E-state index in [0.29, 0.717) is 5.56 Å². The molecular weight excluding hydrogens is 186 g/mol. The summed E-state index contributed by atoms with van der Waals surface area (Å²) in [6.45, 7) is 2.15. The summed E-state index contributed by atoms with van der Waals surface area (Å²) in [5, 5.41) is 18.5. The number of hydrogen-bond acceptors (Lipinski definition) is 2. The first-order valence-corrected chi connectivity index (χ1v) is 5.46. The van der Waals surface area contributed by atoms with Crippen molar-refractivity contribution in [3.8, 4) is 6.07 Å². The molecule has 0 saturated heterocycles. The van der Waals surface area contributed by atoms with Gasteiger partial charge in [-0.3, -0.25) is 0 Å². The number of aliphatic hydroxyl groups excluding tert-OH is 1. The van der Waals surface area contributed by atoms with E-state index >= 15 is 0 Å². The van der Waals surface area contributed by atoms with Crippen LogP contribution in [0, 0.1) is 11.3 Å². The van der Waals surface area contributed by atoms with Gasteiger partial charge in [0.1, 0.15) is 0 Å². The van der Waals surface area contributed by atoms with Gasteiger partial charge in [-0.2, -0.15) is 5.26 Å². The minimum Gasteiger partial charge on any atom is -0.388 e. The topological polar surface area (TPSA) is 44.0 Å². The van der Waals surface area contributed by atoms with E-state index in [2.05, 4.69) is 13.0 Å². The highest BCUT2D eigenvalue weighted by molar-refractivity contribution is 5.32. The lowest BCUT2D eigenvalue weighted by Gasteiger charge is -2.10. The molecule has 1 rings (SSSR count). The monoisotopic (exact) mass is 203 g/mol. The molecule has 1 N–H and O–H groups in total. The Morgan fingerprint density at radius 1 is 1.27 bits per heavy atom. The Bertz CT molecular complexity index is 323. The molecule has 0 aliphatic rings. The van der Waals surface area contributed by atoms with Crippen LogP contribution in [0.4, 0.5) is 0 Å². The van der Waals surface area contributed by atoms with E-state index < -0.39 is 0 Å². The van der Waals surface area contributed by atoms with Gasteiger partial charge in [-0.25, -0.2) is 0 Å². The average molecular weight is 203 g/mol. The summed E-state index contributed by atoms with van der Waals surface area (Å²) in [6.07, 6.45) is 3.80. The fraction of sp³-hybridized carbons (Fsp3) is 0.462. The van der Waals surface area contributed by atoms with Crippen LogP contribution < -0.4 is 0 Å². The van der Waals surface area contributed by atoms with Crippen LogP contribution in [0.5, 0.6) is 0 Å². The quantitative estimate of drug-likeness (QED) is 0.747. The first-order chi connectivity index (χ1) is 7.27. The lowest BCUT2D eigenvalue weighted by Crippen LogP contribution is -1.97. The minimum atomic E-state index is -0.385. The molecule has 0 aromatic heterocycles. The zero-order valence-electron chi connectivity index (χ0n) is 9.11. The van der Waals surface area contributed by atoms with E-state index in [-0.39, 0.29) is 6.10 Å². The lowest BCUT2D eigenvalue weighted by molar-refractivity contribution is 0.163. The van der Waals surface area contributed by atoms with Crippen LogP contribution in [0.2, 0.25) is 0 Å². The molecular formula is C13H17NO. The fourth-order valence-electron chi connectivity index (χ4n) is 1.53. The fourth-order valence-corrected chi connectivity index (χ4v) is 1.53. The molecule has 0 fully saturated rings. The van der Waals surface area contributed by atoms with Crippen molar-refractivity contribution in [2.45, 2.75) is 38.7 Å². The standard InChI is InChI=1S/C13H17NO/c1-2-3-4-5-13(15)12-8-6-11(10-14)7-9-12/h6-9,13,15H,2-5H2,1H3. The molecule has 1 aromatic rings. The molecule has 0 radical (unpaired) electrons. The SMILES string of the molecule is CCCCCC(O)c1ccc(C#N)cc1. The molecule has 1 atom stereocenters. The van der Waals surface area contributed by atoms with Crippen molar-refractivity contribution in [3.05, 3.63) is 35.4 Å². The van der Waals surface area contributed by atoms with E-state index in [1.807, 2.05) is 12.1 Å². The smallest absolute Gasteiger partial charge is 0.0991 e. The van der Waals surface area contributed by atoms with Crippen LogP contribution in [0.3, 0.4) is 0 Å². The highest BCUT2D eigenvalue weighted by Crippen LogP contribution is 2.19. The summed E-state index contributed by atoms with van der Waals surface area (Å²) in [5.41, 5.74) is 1.55. The molecule has 0 amide bonds. The first kappa shape index (κ1) is 11.7. The van der Waals surface area contributed by atoms with E-state index in [9.17, 15) is 5.11 Å². The van der Waals surface area contributed by atoms with Crippen LogP contribution in [-0.4, -0.2) is 5.11 Å². The Morgan fingerprint density at radius 2 is 1.93 bits per heavy atom. The van der Waals surface area contributed by atoms with E-state index in [0.717, 1.165) is 24.8 Å². The number of aliphatic hydroxyl groups is 1. The summed E-state index contributed by atoms with van der Waals surface area (Å²) in [5.74, 6) is 0. The van der Waals surface area contributed by atoms with Gasteiger partial charge >= 0.3 is 0 Å². The third kappa shape index (κ3) is 3.73. The second kappa shape index (κ2) is 6.21. The van der Waals surface area contributed by atoms with Crippen molar-refractivity contribution in [1.29, 1.82) is 5.26 Å². The predicted molar refractivity (Wildman–Crippen MR) is 60.3 cm³/mol. The highest BCUT2D eigenvalue weighted by atomic mass is 16.3. The van der Waals surface area contributed by atoms with Crippen molar-refractivity contribution in [1.82, 2.24) is 0 Å². The largest absolute Gasteiger partial charge is 0.388 e. The predicted octanol–water partition coefficient (Wildman–Crippen LogP) is 3.17. The first-order valence-electron chi connectivity index (χ1n) is 5.46. The average Bonchev–Trinajstić information content (AvgIpc) is 2.29. The molecule has 0 bridgehead atoms. The van der Waals surface area contributed by atoms with Crippen LogP contribution in [0.15, 0.2) is 24.3 Å². The molecule has 2 heteroatoms. The van der Waals surface area contributed by atoms with Gasteiger partial charge < -0.3 is 5.11 Å². The summed E-state index contributed by atoms with van der Waals surface area (Å²) < 4.78 is 0. The summed E-state index contributed by atoms with van der Waals surface area (Å²) in [4.78, 5) is 0. The summed E-state index contributed by atoms with van der Waals surface area (Å²) in [7, 11) is 0. The minimum absolute atomic E-state index is 0.385. The van der Waals surface area contributed by atoms with Crippen LogP contribution in [0.1, 0.15) is 49.8 Å². The van der Waals surface area contributed by atoms with Gasteiger partial charge in [-0.1, -0.05) is 38.3 Å². The maximum atomic E-state index is 9.83. The molecule has 1 aromatic carbocycles. The molecule has 1 unspecified atom stereocenters. The van der Waals surface area contributed by atoms with Gasteiger partial charge in [0, 0.05) is 0 Å². The third-order valence-electron chi connectivity index (χ3n) is 2.51. The maximum Gasteiger partial charge on any atom is 0.0991 e. The van der Waals surface area contributed by atoms with Crippen molar-refractivity contribution in [2.24, 2.45) is 0 Å². The van der Waals surface area contributed by atoms with E-state index in [4.69, 9.17) is 5.26 Å². The van der Waals surface area contributed by atoms with E-state index in [1.165, 1.54) is 6.42 Å².